The molecule has 0 spiro atoms. The SMILES string of the molecule is Cc1cc(C)c2c(n1)SCCN2C(=O)NCC(=O)NCC1CCCO1. The van der Waals surface area contributed by atoms with Gasteiger partial charge in [0, 0.05) is 31.1 Å². The van der Waals surface area contributed by atoms with Crippen molar-refractivity contribution >= 4 is 29.4 Å². The highest BCUT2D eigenvalue weighted by molar-refractivity contribution is 7.99. The molecule has 1 unspecified atom stereocenters. The number of hydrogen-bond donors (Lipinski definition) is 2. The molecule has 2 aliphatic heterocycles. The van der Waals surface area contributed by atoms with Crippen LogP contribution in [-0.4, -0.2) is 55.0 Å². The van der Waals surface area contributed by atoms with Gasteiger partial charge in [0.2, 0.25) is 5.91 Å². The minimum absolute atomic E-state index is 0.0388. The van der Waals surface area contributed by atoms with Crippen LogP contribution in [0.4, 0.5) is 10.5 Å². The number of aryl methyl sites for hydroxylation is 2. The number of urea groups is 1. The lowest BCUT2D eigenvalue weighted by atomic mass is 10.2. The molecule has 7 nitrogen and oxygen atoms in total. The summed E-state index contributed by atoms with van der Waals surface area (Å²) in [6, 6.07) is 1.71. The number of amides is 3. The van der Waals surface area contributed by atoms with Crippen molar-refractivity contribution in [3.63, 3.8) is 0 Å². The maximum Gasteiger partial charge on any atom is 0.322 e. The molecule has 25 heavy (non-hydrogen) atoms. The largest absolute Gasteiger partial charge is 0.376 e. The Morgan fingerprint density at radius 1 is 1.40 bits per heavy atom. The first kappa shape index (κ1) is 18.0. The predicted molar refractivity (Wildman–Crippen MR) is 97.2 cm³/mol. The molecular formula is C17H24N4O3S. The fourth-order valence-electron chi connectivity index (χ4n) is 3.12. The molecule has 3 heterocycles. The molecule has 2 N–H and O–H groups in total. The summed E-state index contributed by atoms with van der Waals surface area (Å²) >= 11 is 1.66. The number of fused-ring (bicyclic) bond motifs is 1. The minimum Gasteiger partial charge on any atom is -0.376 e. The van der Waals surface area contributed by atoms with Crippen LogP contribution in [0, 0.1) is 13.8 Å². The van der Waals surface area contributed by atoms with Crippen molar-refractivity contribution in [2.24, 2.45) is 0 Å². The summed E-state index contributed by atoms with van der Waals surface area (Å²) in [5, 5.41) is 6.39. The summed E-state index contributed by atoms with van der Waals surface area (Å²) in [5.41, 5.74) is 2.81. The van der Waals surface area contributed by atoms with Crippen LogP contribution in [0.3, 0.4) is 0 Å². The molecule has 1 fully saturated rings. The number of anilines is 1. The Kier molecular flexibility index (Phi) is 5.80. The number of aromatic nitrogens is 1. The van der Waals surface area contributed by atoms with Crippen molar-refractivity contribution in [1.82, 2.24) is 15.6 Å². The molecule has 2 aliphatic rings. The van der Waals surface area contributed by atoms with Crippen LogP contribution in [0.5, 0.6) is 0 Å². The summed E-state index contributed by atoms with van der Waals surface area (Å²) in [6.45, 7) is 5.76. The number of nitrogens with zero attached hydrogens (tertiary/aromatic N) is 2. The van der Waals surface area contributed by atoms with E-state index in [0.29, 0.717) is 13.1 Å². The number of hydrogen-bond acceptors (Lipinski definition) is 5. The van der Waals surface area contributed by atoms with Crippen molar-refractivity contribution in [3.05, 3.63) is 17.3 Å². The number of ether oxygens (including phenoxy) is 1. The van der Waals surface area contributed by atoms with E-state index in [0.717, 1.165) is 47.2 Å². The fourth-order valence-corrected chi connectivity index (χ4v) is 4.20. The third-order valence-corrected chi connectivity index (χ3v) is 5.24. The smallest absolute Gasteiger partial charge is 0.322 e. The van der Waals surface area contributed by atoms with E-state index in [1.165, 1.54) is 0 Å². The van der Waals surface area contributed by atoms with Crippen molar-refractivity contribution in [1.29, 1.82) is 0 Å². The lowest BCUT2D eigenvalue weighted by Crippen LogP contribution is -2.47. The quantitative estimate of drug-likeness (QED) is 0.848. The van der Waals surface area contributed by atoms with Crippen LogP contribution in [0.25, 0.3) is 0 Å². The Hall–Kier alpha value is -1.80. The van der Waals surface area contributed by atoms with Crippen molar-refractivity contribution in [2.45, 2.75) is 37.8 Å². The van der Waals surface area contributed by atoms with Gasteiger partial charge < -0.3 is 15.4 Å². The molecule has 0 bridgehead atoms. The summed E-state index contributed by atoms with van der Waals surface area (Å²) in [4.78, 5) is 30.7. The normalized spacial score (nSPS) is 19.4. The molecule has 1 saturated heterocycles. The third-order valence-electron chi connectivity index (χ3n) is 4.30. The molecule has 3 amide bonds. The minimum atomic E-state index is -0.262. The standard InChI is InChI=1S/C17H24N4O3S/c1-11-8-12(2)20-16-15(11)21(5-7-25-16)17(23)19-10-14(22)18-9-13-4-3-6-24-13/h8,13H,3-7,9-10H2,1-2H3,(H,18,22)(H,19,23). The molecule has 0 aliphatic carbocycles. The maximum absolute atomic E-state index is 12.5. The second kappa shape index (κ2) is 8.05. The average Bonchev–Trinajstić information content (AvgIpc) is 3.10. The zero-order valence-electron chi connectivity index (χ0n) is 14.6. The molecule has 1 aromatic heterocycles. The van der Waals surface area contributed by atoms with Crippen molar-refractivity contribution in [3.8, 4) is 0 Å². The van der Waals surface area contributed by atoms with Crippen LogP contribution in [-0.2, 0) is 9.53 Å². The van der Waals surface area contributed by atoms with Crippen LogP contribution in [0.15, 0.2) is 11.1 Å². The molecule has 0 radical (unpaired) electrons. The molecule has 1 aromatic rings. The fraction of sp³-hybridized carbons (Fsp3) is 0.588. The van der Waals surface area contributed by atoms with Crippen molar-refractivity contribution in [2.75, 3.05) is 36.9 Å². The van der Waals surface area contributed by atoms with E-state index in [9.17, 15) is 9.59 Å². The Balaban J connectivity index is 1.54. The first-order chi connectivity index (χ1) is 12.0. The van der Waals surface area contributed by atoms with Gasteiger partial charge in [-0.3, -0.25) is 9.69 Å². The second-order valence-electron chi connectivity index (χ2n) is 6.33. The number of carbonyl (C=O) groups is 2. The van der Waals surface area contributed by atoms with E-state index in [2.05, 4.69) is 15.6 Å². The summed E-state index contributed by atoms with van der Waals surface area (Å²) in [5.74, 6) is 0.593. The Morgan fingerprint density at radius 3 is 3.00 bits per heavy atom. The summed E-state index contributed by atoms with van der Waals surface area (Å²) < 4.78 is 5.47. The van der Waals surface area contributed by atoms with Gasteiger partial charge in [-0.25, -0.2) is 9.78 Å². The number of carbonyl (C=O) groups excluding carboxylic acids is 2. The van der Waals surface area contributed by atoms with Gasteiger partial charge in [-0.2, -0.15) is 0 Å². The van der Waals surface area contributed by atoms with Gasteiger partial charge in [0.25, 0.3) is 0 Å². The Labute approximate surface area is 151 Å². The van der Waals surface area contributed by atoms with Crippen LogP contribution in [0.2, 0.25) is 0 Å². The van der Waals surface area contributed by atoms with E-state index in [1.807, 2.05) is 19.9 Å². The summed E-state index contributed by atoms with van der Waals surface area (Å²) in [6.07, 6.45) is 2.11. The van der Waals surface area contributed by atoms with Crippen LogP contribution < -0.4 is 15.5 Å². The predicted octanol–water partition coefficient (Wildman–Crippen LogP) is 1.62. The average molecular weight is 364 g/mol. The van der Waals surface area contributed by atoms with Gasteiger partial charge in [0.1, 0.15) is 5.03 Å². The monoisotopic (exact) mass is 364 g/mol. The number of thioether (sulfide) groups is 1. The number of rotatable bonds is 4. The van der Waals surface area contributed by atoms with E-state index < -0.39 is 0 Å². The zero-order valence-corrected chi connectivity index (χ0v) is 15.4. The molecule has 8 heteroatoms. The first-order valence-corrected chi connectivity index (χ1v) is 9.58. The molecule has 1 atom stereocenters. The molecule has 3 rings (SSSR count). The van der Waals surface area contributed by atoms with Crippen LogP contribution in [0.1, 0.15) is 24.1 Å². The van der Waals surface area contributed by atoms with Gasteiger partial charge in [0.05, 0.1) is 18.3 Å². The van der Waals surface area contributed by atoms with E-state index in [1.54, 1.807) is 16.7 Å². The number of nitrogens with one attached hydrogen (secondary N) is 2. The maximum atomic E-state index is 12.5. The second-order valence-corrected chi connectivity index (χ2v) is 7.42. The Morgan fingerprint density at radius 2 is 2.24 bits per heavy atom. The van der Waals surface area contributed by atoms with Gasteiger partial charge >= 0.3 is 6.03 Å². The highest BCUT2D eigenvalue weighted by Crippen LogP contribution is 2.36. The summed E-state index contributed by atoms with van der Waals surface area (Å²) in [7, 11) is 0. The van der Waals surface area contributed by atoms with E-state index in [-0.39, 0.29) is 24.6 Å². The lowest BCUT2D eigenvalue weighted by molar-refractivity contribution is -0.120. The first-order valence-electron chi connectivity index (χ1n) is 8.59. The van der Waals surface area contributed by atoms with Gasteiger partial charge in [-0.15, -0.1) is 11.8 Å². The zero-order chi connectivity index (χ0) is 17.8. The van der Waals surface area contributed by atoms with Crippen molar-refractivity contribution < 1.29 is 14.3 Å². The van der Waals surface area contributed by atoms with Gasteiger partial charge in [-0.1, -0.05) is 0 Å². The van der Waals surface area contributed by atoms with Gasteiger partial charge in [-0.05, 0) is 38.3 Å². The molecule has 136 valence electrons. The highest BCUT2D eigenvalue weighted by atomic mass is 32.2. The van der Waals surface area contributed by atoms with E-state index in [4.69, 9.17) is 4.74 Å². The van der Waals surface area contributed by atoms with Crippen LogP contribution >= 0.6 is 11.8 Å². The molecule has 0 saturated carbocycles. The Bertz CT molecular complexity index is 662. The number of pyridine rings is 1. The lowest BCUT2D eigenvalue weighted by Gasteiger charge is -2.30. The third kappa shape index (κ3) is 4.43. The van der Waals surface area contributed by atoms with E-state index >= 15 is 0 Å². The van der Waals surface area contributed by atoms with Gasteiger partial charge in [0.15, 0.2) is 0 Å². The topological polar surface area (TPSA) is 83.6 Å². The molecule has 0 aromatic carbocycles. The highest BCUT2D eigenvalue weighted by Gasteiger charge is 2.26. The molecular weight excluding hydrogens is 340 g/mol.